The molecule has 0 unspecified atom stereocenters. The van der Waals surface area contributed by atoms with E-state index in [0.29, 0.717) is 13.0 Å². The molecule has 2 aliphatic heterocycles. The van der Waals surface area contributed by atoms with E-state index in [1.807, 2.05) is 12.1 Å². The smallest absolute Gasteiger partial charge is 0.281 e. The highest BCUT2D eigenvalue weighted by Gasteiger charge is 2.53. The summed E-state index contributed by atoms with van der Waals surface area (Å²) in [7, 11) is -6.17. The molecule has 0 spiro atoms. The number of benzene rings is 2. The van der Waals surface area contributed by atoms with Crippen LogP contribution in [-0.2, 0) is 28.2 Å². The molecule has 2 aromatic carbocycles. The molecule has 0 amide bonds. The largest absolute Gasteiger partial charge is 0.405 e. The first kappa shape index (κ1) is 26.8. The first-order valence-electron chi connectivity index (χ1n) is 12.2. The Hall–Kier alpha value is -1.26. The van der Waals surface area contributed by atoms with E-state index in [4.69, 9.17) is 29.7 Å². The zero-order valence-corrected chi connectivity index (χ0v) is 23.1. The van der Waals surface area contributed by atoms with Crippen LogP contribution in [0.2, 0.25) is 5.04 Å². The summed E-state index contributed by atoms with van der Waals surface area (Å²) in [4.78, 5) is 0. The lowest BCUT2D eigenvalue weighted by Crippen LogP contribution is -2.66. The van der Waals surface area contributed by atoms with Crippen LogP contribution >= 0.6 is 11.6 Å². The summed E-state index contributed by atoms with van der Waals surface area (Å²) < 4.78 is 46.1. The van der Waals surface area contributed by atoms with E-state index < -0.39 is 23.6 Å². The van der Waals surface area contributed by atoms with Crippen LogP contribution in [-0.4, -0.2) is 59.6 Å². The van der Waals surface area contributed by atoms with Gasteiger partial charge in [0.05, 0.1) is 31.5 Å². The van der Waals surface area contributed by atoms with Crippen LogP contribution in [0, 0.1) is 0 Å². The van der Waals surface area contributed by atoms with Crippen molar-refractivity contribution in [2.45, 2.75) is 69.5 Å². The zero-order chi connectivity index (χ0) is 25.1. The van der Waals surface area contributed by atoms with Crippen molar-refractivity contribution in [2.75, 3.05) is 18.4 Å². The summed E-state index contributed by atoms with van der Waals surface area (Å²) in [5, 5.41) is 1.94. The predicted molar refractivity (Wildman–Crippen MR) is 140 cm³/mol. The quantitative estimate of drug-likeness (QED) is 0.127. The topological polar surface area (TPSA) is 77.7 Å². The highest BCUT2D eigenvalue weighted by molar-refractivity contribution is 7.87. The van der Waals surface area contributed by atoms with Gasteiger partial charge in [-0.05, 0) is 28.3 Å². The molecule has 9 heteroatoms. The maximum absolute atomic E-state index is 11.3. The van der Waals surface area contributed by atoms with E-state index in [9.17, 15) is 8.42 Å². The van der Waals surface area contributed by atoms with Crippen molar-refractivity contribution in [3.63, 3.8) is 0 Å². The minimum Gasteiger partial charge on any atom is -0.405 e. The first-order valence-corrected chi connectivity index (χ1v) is 16.2. The van der Waals surface area contributed by atoms with Crippen LogP contribution in [0.4, 0.5) is 0 Å². The number of hydrogen-bond acceptors (Lipinski definition) is 6. The molecule has 2 aliphatic rings. The summed E-state index contributed by atoms with van der Waals surface area (Å²) in [6.07, 6.45) is 2.71. The fourth-order valence-corrected chi connectivity index (χ4v) is 10.1. The average Bonchev–Trinajstić information content (AvgIpc) is 3.76. The van der Waals surface area contributed by atoms with Crippen LogP contribution < -0.4 is 10.4 Å². The van der Waals surface area contributed by atoms with Crippen LogP contribution in [0.25, 0.3) is 0 Å². The minimum absolute atomic E-state index is 0.0657. The normalized spacial score (nSPS) is 24.3. The summed E-state index contributed by atoms with van der Waals surface area (Å²) in [6, 6.07) is 21.2. The monoisotopic (exact) mass is 538 g/mol. The highest BCUT2D eigenvalue weighted by Crippen LogP contribution is 2.40. The van der Waals surface area contributed by atoms with Gasteiger partial charge < -0.3 is 13.9 Å². The Kier molecular flexibility index (Phi) is 8.42. The van der Waals surface area contributed by atoms with Crippen molar-refractivity contribution in [2.24, 2.45) is 0 Å². The number of halogens is 1. The SMILES string of the molecule is CC(C)(C)[Si](OC[C@H]1O[C@H]1C[C@H]1O[C@H]1CCCOS(=O)(=O)CCl)(c1ccccc1)c1ccccc1. The number of ether oxygens (including phenoxy) is 2. The molecule has 0 aromatic heterocycles. The molecule has 35 heavy (non-hydrogen) atoms. The molecule has 2 aromatic rings. The van der Waals surface area contributed by atoms with Crippen molar-refractivity contribution in [1.82, 2.24) is 0 Å². The number of rotatable bonds is 13. The third-order valence-corrected chi connectivity index (χ3v) is 13.3. The van der Waals surface area contributed by atoms with E-state index in [1.165, 1.54) is 10.4 Å². The van der Waals surface area contributed by atoms with Gasteiger partial charge in [0.2, 0.25) is 0 Å². The third kappa shape index (κ3) is 6.55. The molecule has 4 atom stereocenters. The van der Waals surface area contributed by atoms with E-state index in [0.717, 1.165) is 12.8 Å². The molecule has 192 valence electrons. The second kappa shape index (κ2) is 11.0. The maximum Gasteiger partial charge on any atom is 0.281 e. The van der Waals surface area contributed by atoms with Crippen molar-refractivity contribution in [1.29, 1.82) is 0 Å². The van der Waals surface area contributed by atoms with E-state index in [1.54, 1.807) is 0 Å². The molecule has 0 aliphatic carbocycles. The second-order valence-corrected chi connectivity index (χ2v) is 16.8. The van der Waals surface area contributed by atoms with Gasteiger partial charge in [0.15, 0.2) is 0 Å². The van der Waals surface area contributed by atoms with Crippen LogP contribution in [0.15, 0.2) is 60.7 Å². The molecule has 6 nitrogen and oxygen atoms in total. The first-order chi connectivity index (χ1) is 16.7. The minimum atomic E-state index is -3.60. The summed E-state index contributed by atoms with van der Waals surface area (Å²) in [5.74, 6) is 0. The van der Waals surface area contributed by atoms with Gasteiger partial charge in [-0.2, -0.15) is 8.42 Å². The molecule has 2 fully saturated rings. The van der Waals surface area contributed by atoms with Crippen LogP contribution in [0.1, 0.15) is 40.0 Å². The molecule has 0 saturated carbocycles. The van der Waals surface area contributed by atoms with Crippen LogP contribution in [0.5, 0.6) is 0 Å². The lowest BCUT2D eigenvalue weighted by Gasteiger charge is -2.43. The average molecular weight is 539 g/mol. The molecule has 0 N–H and O–H groups in total. The highest BCUT2D eigenvalue weighted by atomic mass is 35.5. The van der Waals surface area contributed by atoms with E-state index in [2.05, 4.69) is 69.3 Å². The van der Waals surface area contributed by atoms with Crippen LogP contribution in [0.3, 0.4) is 0 Å². The van der Waals surface area contributed by atoms with Crippen molar-refractivity contribution < 1.29 is 26.5 Å². The van der Waals surface area contributed by atoms with E-state index >= 15 is 0 Å². The Morgan fingerprint density at radius 3 is 1.97 bits per heavy atom. The molecule has 0 radical (unpaired) electrons. The Bertz CT molecular complexity index is 1020. The van der Waals surface area contributed by atoms with Gasteiger partial charge in [-0.1, -0.05) is 81.4 Å². The lowest BCUT2D eigenvalue weighted by molar-refractivity contribution is 0.246. The van der Waals surface area contributed by atoms with Crippen molar-refractivity contribution >= 4 is 40.4 Å². The molecular formula is C26H35ClO6SSi. The van der Waals surface area contributed by atoms with E-state index in [-0.39, 0.29) is 36.1 Å². The Morgan fingerprint density at radius 1 is 0.886 bits per heavy atom. The van der Waals surface area contributed by atoms with Gasteiger partial charge in [0, 0.05) is 6.42 Å². The standard InChI is InChI=1S/C26H35ClO6SSi/c1-26(2,3)35(20-11-6-4-7-12-20,21-13-8-5-9-14-21)31-18-25-24(33-25)17-23-22(32-23)15-10-16-30-34(28,29)19-27/h4-9,11-14,22-25H,10,15-19H2,1-3H3/t22-,23+,24-,25+/m0/s1. The maximum atomic E-state index is 11.3. The summed E-state index contributed by atoms with van der Waals surface area (Å²) in [6.45, 7) is 7.51. The van der Waals surface area contributed by atoms with Gasteiger partial charge in [-0.3, -0.25) is 4.18 Å². The number of alkyl halides is 1. The van der Waals surface area contributed by atoms with Gasteiger partial charge in [-0.15, -0.1) is 11.6 Å². The Morgan fingerprint density at radius 2 is 1.43 bits per heavy atom. The lowest BCUT2D eigenvalue weighted by atomic mass is 10.1. The molecule has 2 saturated heterocycles. The Balaban J connectivity index is 1.32. The van der Waals surface area contributed by atoms with Crippen molar-refractivity contribution in [3.8, 4) is 0 Å². The number of hydrogen-bond donors (Lipinski definition) is 0. The molecule has 0 bridgehead atoms. The van der Waals surface area contributed by atoms with Gasteiger partial charge in [-0.25, -0.2) is 0 Å². The predicted octanol–water partition coefficient (Wildman–Crippen LogP) is 3.81. The van der Waals surface area contributed by atoms with Gasteiger partial charge in [0.1, 0.15) is 11.3 Å². The fourth-order valence-electron chi connectivity index (χ4n) is 4.87. The summed E-state index contributed by atoms with van der Waals surface area (Å²) in [5.41, 5.74) is 0. The Labute approximate surface area is 215 Å². The third-order valence-electron chi connectivity index (χ3n) is 6.75. The molecule has 4 rings (SSSR count). The van der Waals surface area contributed by atoms with Gasteiger partial charge >= 0.3 is 0 Å². The fraction of sp³-hybridized carbons (Fsp3) is 0.538. The van der Waals surface area contributed by atoms with Gasteiger partial charge in [0.25, 0.3) is 18.4 Å². The molecule has 2 heterocycles. The molecular weight excluding hydrogens is 504 g/mol. The summed E-state index contributed by atoms with van der Waals surface area (Å²) >= 11 is 5.34. The zero-order valence-electron chi connectivity index (χ0n) is 20.6. The second-order valence-electron chi connectivity index (χ2n) is 10.3. The van der Waals surface area contributed by atoms with Crippen molar-refractivity contribution in [3.05, 3.63) is 60.7 Å². The number of epoxide rings is 2.